The first kappa shape index (κ1) is 15.8. The van der Waals surface area contributed by atoms with Crippen molar-refractivity contribution in [3.63, 3.8) is 0 Å². The Morgan fingerprint density at radius 3 is 2.41 bits per heavy atom. The van der Waals surface area contributed by atoms with Crippen molar-refractivity contribution >= 4 is 44.4 Å². The van der Waals surface area contributed by atoms with Crippen molar-refractivity contribution in [3.05, 3.63) is 45.5 Å². The van der Waals surface area contributed by atoms with Gasteiger partial charge in [-0.1, -0.05) is 18.6 Å². The predicted molar refractivity (Wildman–Crippen MR) is 101 cm³/mol. The molecule has 0 aliphatic rings. The number of rotatable bonds is 4. The van der Waals surface area contributed by atoms with Crippen molar-refractivity contribution in [1.29, 1.82) is 0 Å². The van der Waals surface area contributed by atoms with E-state index in [9.17, 15) is 5.11 Å². The molecule has 0 bridgehead atoms. The molecule has 0 radical (unpaired) electrons. The normalized spacial score (nSPS) is 14.6. The standard InChI is InChI=1S/C18H21IN2O/c1-3-18(22)17(10-20)21-15-6-4-11(2)8-13(15)14-9-12(19)5-7-16(14)21/h4-9,17-18,22H,3,10,20H2,1-2H3/t17-,18-/m0/s1. The van der Waals surface area contributed by atoms with Gasteiger partial charge in [0.2, 0.25) is 0 Å². The van der Waals surface area contributed by atoms with Crippen molar-refractivity contribution in [3.8, 4) is 0 Å². The summed E-state index contributed by atoms with van der Waals surface area (Å²) in [7, 11) is 0. The van der Waals surface area contributed by atoms with E-state index in [1.165, 1.54) is 19.9 Å². The highest BCUT2D eigenvalue weighted by Crippen LogP contribution is 2.34. The molecule has 3 N–H and O–H groups in total. The van der Waals surface area contributed by atoms with Crippen LogP contribution >= 0.6 is 22.6 Å². The Balaban J connectivity index is 2.40. The zero-order valence-corrected chi connectivity index (χ0v) is 15.0. The van der Waals surface area contributed by atoms with Crippen LogP contribution in [0.15, 0.2) is 36.4 Å². The van der Waals surface area contributed by atoms with E-state index in [4.69, 9.17) is 5.73 Å². The van der Waals surface area contributed by atoms with Crippen LogP contribution in [0, 0.1) is 10.5 Å². The fourth-order valence-electron chi connectivity index (χ4n) is 3.20. The second kappa shape index (κ2) is 6.18. The molecule has 0 amide bonds. The molecule has 0 aliphatic carbocycles. The van der Waals surface area contributed by atoms with Gasteiger partial charge in [0.15, 0.2) is 0 Å². The Bertz CT molecular complexity index is 765. The highest BCUT2D eigenvalue weighted by Gasteiger charge is 2.22. The lowest BCUT2D eigenvalue weighted by Gasteiger charge is -2.24. The summed E-state index contributed by atoms with van der Waals surface area (Å²) < 4.78 is 3.43. The Labute approximate surface area is 144 Å². The number of hydrogen-bond donors (Lipinski definition) is 2. The summed E-state index contributed by atoms with van der Waals surface area (Å²) in [4.78, 5) is 0. The first-order valence-electron chi connectivity index (χ1n) is 7.64. The van der Waals surface area contributed by atoms with Crippen molar-refractivity contribution in [1.82, 2.24) is 4.57 Å². The van der Waals surface area contributed by atoms with Gasteiger partial charge < -0.3 is 15.4 Å². The summed E-state index contributed by atoms with van der Waals surface area (Å²) in [5.41, 5.74) is 9.53. The van der Waals surface area contributed by atoms with Gasteiger partial charge in [-0.3, -0.25) is 0 Å². The van der Waals surface area contributed by atoms with E-state index in [-0.39, 0.29) is 6.04 Å². The molecule has 0 fully saturated rings. The minimum atomic E-state index is -0.440. The third-order valence-corrected chi connectivity index (χ3v) is 5.03. The van der Waals surface area contributed by atoms with Crippen LogP contribution in [0.3, 0.4) is 0 Å². The van der Waals surface area contributed by atoms with E-state index < -0.39 is 6.10 Å². The van der Waals surface area contributed by atoms with Gasteiger partial charge in [0, 0.05) is 31.9 Å². The molecular formula is C18H21IN2O. The molecule has 22 heavy (non-hydrogen) atoms. The van der Waals surface area contributed by atoms with Crippen LogP contribution in [0.1, 0.15) is 24.9 Å². The van der Waals surface area contributed by atoms with Crippen LogP contribution in [0.25, 0.3) is 21.8 Å². The maximum Gasteiger partial charge on any atom is 0.0757 e. The molecule has 3 rings (SSSR count). The molecule has 0 saturated heterocycles. The van der Waals surface area contributed by atoms with Gasteiger partial charge in [0.1, 0.15) is 0 Å². The number of hydrogen-bond acceptors (Lipinski definition) is 2. The lowest BCUT2D eigenvalue weighted by atomic mass is 10.1. The van der Waals surface area contributed by atoms with Crippen LogP contribution in [0.2, 0.25) is 0 Å². The average Bonchev–Trinajstić information content (AvgIpc) is 2.81. The van der Waals surface area contributed by atoms with Gasteiger partial charge in [0.05, 0.1) is 12.1 Å². The highest BCUT2D eigenvalue weighted by molar-refractivity contribution is 14.1. The zero-order valence-electron chi connectivity index (χ0n) is 12.9. The molecule has 116 valence electrons. The summed E-state index contributed by atoms with van der Waals surface area (Å²) in [6, 6.07) is 12.8. The Hall–Kier alpha value is -1.11. The van der Waals surface area contributed by atoms with E-state index in [0.29, 0.717) is 13.0 Å². The number of aliphatic hydroxyl groups is 1. The summed E-state index contributed by atoms with van der Waals surface area (Å²) in [5.74, 6) is 0. The molecule has 0 aliphatic heterocycles. The second-order valence-electron chi connectivity index (χ2n) is 5.83. The van der Waals surface area contributed by atoms with Gasteiger partial charge in [-0.05, 0) is 66.3 Å². The Kier molecular flexibility index (Phi) is 4.43. The minimum Gasteiger partial charge on any atom is -0.391 e. The molecule has 0 saturated carbocycles. The quantitative estimate of drug-likeness (QED) is 0.642. The maximum atomic E-state index is 10.4. The summed E-state index contributed by atoms with van der Waals surface area (Å²) in [5, 5.41) is 12.9. The number of aryl methyl sites for hydroxylation is 1. The first-order chi connectivity index (χ1) is 10.6. The van der Waals surface area contributed by atoms with Crippen molar-refractivity contribution in [2.75, 3.05) is 6.54 Å². The molecule has 3 aromatic rings. The van der Waals surface area contributed by atoms with Crippen LogP contribution in [0.4, 0.5) is 0 Å². The van der Waals surface area contributed by atoms with Crippen molar-refractivity contribution in [2.24, 2.45) is 5.73 Å². The van der Waals surface area contributed by atoms with Gasteiger partial charge in [-0.2, -0.15) is 0 Å². The fourth-order valence-corrected chi connectivity index (χ4v) is 3.69. The SMILES string of the molecule is CC[C@H](O)[C@H](CN)n1c2ccc(C)cc2c2cc(I)ccc21. The molecule has 4 heteroatoms. The van der Waals surface area contributed by atoms with Gasteiger partial charge in [-0.15, -0.1) is 0 Å². The minimum absolute atomic E-state index is 0.104. The van der Waals surface area contributed by atoms with E-state index in [1.54, 1.807) is 0 Å². The molecule has 1 heterocycles. The van der Waals surface area contributed by atoms with Gasteiger partial charge >= 0.3 is 0 Å². The Morgan fingerprint density at radius 1 is 1.14 bits per heavy atom. The second-order valence-corrected chi connectivity index (χ2v) is 7.08. The molecule has 3 nitrogen and oxygen atoms in total. The van der Waals surface area contributed by atoms with Crippen molar-refractivity contribution in [2.45, 2.75) is 32.4 Å². The summed E-state index contributed by atoms with van der Waals surface area (Å²) >= 11 is 2.34. The average molecular weight is 408 g/mol. The molecule has 1 aromatic heterocycles. The van der Waals surface area contributed by atoms with Gasteiger partial charge in [0.25, 0.3) is 0 Å². The molecule has 2 atom stereocenters. The lowest BCUT2D eigenvalue weighted by Crippen LogP contribution is -2.30. The van der Waals surface area contributed by atoms with Crippen LogP contribution in [-0.2, 0) is 0 Å². The summed E-state index contributed by atoms with van der Waals surface area (Å²) in [6.07, 6.45) is 0.253. The summed E-state index contributed by atoms with van der Waals surface area (Å²) in [6.45, 7) is 4.53. The zero-order chi connectivity index (χ0) is 15.9. The largest absolute Gasteiger partial charge is 0.391 e. The molecule has 0 unspecified atom stereocenters. The van der Waals surface area contributed by atoms with Gasteiger partial charge in [-0.25, -0.2) is 0 Å². The number of nitrogens with zero attached hydrogens (tertiary/aromatic N) is 1. The highest BCUT2D eigenvalue weighted by atomic mass is 127. The topological polar surface area (TPSA) is 51.2 Å². The number of aliphatic hydroxyl groups excluding tert-OH is 1. The van der Waals surface area contributed by atoms with Crippen molar-refractivity contribution < 1.29 is 5.11 Å². The number of benzene rings is 2. The third kappa shape index (κ3) is 2.53. The van der Waals surface area contributed by atoms with E-state index in [1.807, 2.05) is 6.92 Å². The van der Waals surface area contributed by atoms with Crippen LogP contribution in [0.5, 0.6) is 0 Å². The van der Waals surface area contributed by atoms with E-state index in [0.717, 1.165) is 11.0 Å². The molecular weight excluding hydrogens is 387 g/mol. The monoisotopic (exact) mass is 408 g/mol. The van der Waals surface area contributed by atoms with Crippen LogP contribution < -0.4 is 5.73 Å². The molecule has 2 aromatic carbocycles. The molecule has 0 spiro atoms. The lowest BCUT2D eigenvalue weighted by molar-refractivity contribution is 0.116. The smallest absolute Gasteiger partial charge is 0.0757 e. The van der Waals surface area contributed by atoms with Crippen LogP contribution in [-0.4, -0.2) is 22.3 Å². The first-order valence-corrected chi connectivity index (χ1v) is 8.72. The Morgan fingerprint density at radius 2 is 1.77 bits per heavy atom. The predicted octanol–water partition coefficient (Wildman–Crippen LogP) is 3.98. The third-order valence-electron chi connectivity index (χ3n) is 4.36. The number of aromatic nitrogens is 1. The number of halogens is 1. The van der Waals surface area contributed by atoms with E-state index in [2.05, 4.69) is 70.5 Å². The number of nitrogens with two attached hydrogens (primary N) is 1. The number of fused-ring (bicyclic) bond motifs is 3. The van der Waals surface area contributed by atoms with E-state index >= 15 is 0 Å². The maximum absolute atomic E-state index is 10.4. The fraction of sp³-hybridized carbons (Fsp3) is 0.333.